The Morgan fingerprint density at radius 2 is 2.00 bits per heavy atom. The molecule has 0 saturated carbocycles. The lowest BCUT2D eigenvalue weighted by Gasteiger charge is -2.29. The van der Waals surface area contributed by atoms with E-state index in [9.17, 15) is 9.50 Å². The summed E-state index contributed by atoms with van der Waals surface area (Å²) in [5, 5.41) is 10.5. The van der Waals surface area contributed by atoms with E-state index in [1.165, 1.54) is 12.1 Å². The summed E-state index contributed by atoms with van der Waals surface area (Å²) in [4.78, 5) is 0. The average molecular weight is 279 g/mol. The van der Waals surface area contributed by atoms with Crippen molar-refractivity contribution in [3.05, 3.63) is 64.4 Å². The summed E-state index contributed by atoms with van der Waals surface area (Å²) in [5.41, 5.74) is 1.40. The Hall–Kier alpha value is -1.58. The molecule has 19 heavy (non-hydrogen) atoms. The lowest BCUT2D eigenvalue weighted by atomic mass is 9.95. The average Bonchev–Trinajstić information content (AvgIpc) is 2.37. The maximum atomic E-state index is 13.4. The molecule has 0 aliphatic carbocycles. The van der Waals surface area contributed by atoms with Crippen molar-refractivity contribution in [1.29, 1.82) is 0 Å². The van der Waals surface area contributed by atoms with E-state index in [2.05, 4.69) is 0 Å². The first-order chi connectivity index (χ1) is 9.13. The SMILES string of the molecule is OC1CC(c2cc(F)cc(Cl)c2)Oc2ccccc21. The highest BCUT2D eigenvalue weighted by molar-refractivity contribution is 6.30. The first-order valence-electron chi connectivity index (χ1n) is 6.03. The minimum Gasteiger partial charge on any atom is -0.485 e. The molecule has 0 amide bonds. The van der Waals surface area contributed by atoms with Gasteiger partial charge in [-0.3, -0.25) is 0 Å². The van der Waals surface area contributed by atoms with E-state index in [-0.39, 0.29) is 0 Å². The summed E-state index contributed by atoms with van der Waals surface area (Å²) >= 11 is 5.85. The van der Waals surface area contributed by atoms with Crippen molar-refractivity contribution in [1.82, 2.24) is 0 Å². The maximum Gasteiger partial charge on any atom is 0.127 e. The number of rotatable bonds is 1. The van der Waals surface area contributed by atoms with E-state index in [0.29, 0.717) is 22.8 Å². The Morgan fingerprint density at radius 1 is 1.21 bits per heavy atom. The minimum atomic E-state index is -0.614. The molecule has 2 aromatic rings. The van der Waals surface area contributed by atoms with Crippen molar-refractivity contribution in [2.75, 3.05) is 0 Å². The van der Waals surface area contributed by atoms with E-state index in [0.717, 1.165) is 5.56 Å². The van der Waals surface area contributed by atoms with Gasteiger partial charge in [0.05, 0.1) is 6.10 Å². The van der Waals surface area contributed by atoms with E-state index < -0.39 is 18.0 Å². The maximum absolute atomic E-state index is 13.4. The topological polar surface area (TPSA) is 29.5 Å². The molecule has 2 aromatic carbocycles. The van der Waals surface area contributed by atoms with Crippen LogP contribution in [0.2, 0.25) is 5.02 Å². The Labute approximate surface area is 115 Å². The van der Waals surface area contributed by atoms with Crippen LogP contribution in [-0.2, 0) is 0 Å². The minimum absolute atomic E-state index is 0.326. The summed E-state index contributed by atoms with van der Waals surface area (Å²) in [7, 11) is 0. The molecule has 0 aromatic heterocycles. The fourth-order valence-electron chi connectivity index (χ4n) is 2.36. The molecule has 2 nitrogen and oxygen atoms in total. The molecule has 2 atom stereocenters. The number of aliphatic hydroxyl groups is 1. The number of para-hydroxylation sites is 1. The summed E-state index contributed by atoms with van der Waals surface area (Å²) < 4.78 is 19.2. The lowest BCUT2D eigenvalue weighted by Crippen LogP contribution is -2.19. The number of ether oxygens (including phenoxy) is 1. The summed E-state index contributed by atoms with van der Waals surface area (Å²) in [6.45, 7) is 0. The molecule has 0 spiro atoms. The van der Waals surface area contributed by atoms with Crippen LogP contribution in [-0.4, -0.2) is 5.11 Å². The van der Waals surface area contributed by atoms with E-state index >= 15 is 0 Å². The van der Waals surface area contributed by atoms with Crippen LogP contribution >= 0.6 is 11.6 Å². The van der Waals surface area contributed by atoms with Crippen molar-refractivity contribution in [3.8, 4) is 5.75 Å². The van der Waals surface area contributed by atoms with Gasteiger partial charge in [0.2, 0.25) is 0 Å². The van der Waals surface area contributed by atoms with Crippen molar-refractivity contribution < 1.29 is 14.2 Å². The van der Waals surface area contributed by atoms with Crippen LogP contribution in [0, 0.1) is 5.82 Å². The highest BCUT2D eigenvalue weighted by Gasteiger charge is 2.28. The molecule has 4 heteroatoms. The second-order valence-corrected chi connectivity index (χ2v) is 5.04. The number of benzene rings is 2. The quantitative estimate of drug-likeness (QED) is 0.853. The van der Waals surface area contributed by atoms with Gasteiger partial charge in [-0.25, -0.2) is 4.39 Å². The molecule has 3 rings (SSSR count). The summed E-state index contributed by atoms with van der Waals surface area (Å²) in [5.74, 6) is 0.228. The van der Waals surface area contributed by atoms with Crippen molar-refractivity contribution in [2.45, 2.75) is 18.6 Å². The summed E-state index contributed by atoms with van der Waals surface area (Å²) in [6.07, 6.45) is -0.619. The van der Waals surface area contributed by atoms with Crippen LogP contribution in [0.3, 0.4) is 0 Å². The Balaban J connectivity index is 1.96. The van der Waals surface area contributed by atoms with E-state index in [1.807, 2.05) is 18.2 Å². The third-order valence-corrected chi connectivity index (χ3v) is 3.46. The number of aliphatic hydroxyl groups excluding tert-OH is 1. The van der Waals surface area contributed by atoms with E-state index in [4.69, 9.17) is 16.3 Å². The fraction of sp³-hybridized carbons (Fsp3) is 0.200. The number of halogens is 2. The van der Waals surface area contributed by atoms with Crippen LogP contribution in [0.4, 0.5) is 4.39 Å². The van der Waals surface area contributed by atoms with E-state index in [1.54, 1.807) is 12.1 Å². The standard InChI is InChI=1S/C15H12ClFO2/c16-10-5-9(6-11(17)7-10)15-8-13(18)12-3-1-2-4-14(12)19-15/h1-7,13,15,18H,8H2. The first kappa shape index (κ1) is 12.5. The van der Waals surface area contributed by atoms with Crippen LogP contribution in [0.15, 0.2) is 42.5 Å². The van der Waals surface area contributed by atoms with Crippen LogP contribution < -0.4 is 4.74 Å². The number of fused-ring (bicyclic) bond motifs is 1. The highest BCUT2D eigenvalue weighted by Crippen LogP contribution is 2.40. The van der Waals surface area contributed by atoms with Crippen LogP contribution in [0.1, 0.15) is 29.8 Å². The first-order valence-corrected chi connectivity index (χ1v) is 6.41. The highest BCUT2D eigenvalue weighted by atomic mass is 35.5. The predicted octanol–water partition coefficient (Wildman–Crippen LogP) is 4.04. The Kier molecular flexibility index (Phi) is 3.17. The van der Waals surface area contributed by atoms with Gasteiger partial charge >= 0.3 is 0 Å². The summed E-state index contributed by atoms with van der Waals surface area (Å²) in [6, 6.07) is 11.6. The van der Waals surface area contributed by atoms with Gasteiger partial charge in [-0.15, -0.1) is 0 Å². The normalized spacial score (nSPS) is 21.6. The zero-order valence-electron chi connectivity index (χ0n) is 10.0. The Bertz CT molecular complexity index is 595. The van der Waals surface area contributed by atoms with Gasteiger partial charge < -0.3 is 9.84 Å². The molecule has 1 aliphatic heterocycles. The molecular formula is C15H12ClFO2. The van der Waals surface area contributed by atoms with Crippen LogP contribution in [0.25, 0.3) is 0 Å². The number of hydrogen-bond donors (Lipinski definition) is 1. The Morgan fingerprint density at radius 3 is 2.79 bits per heavy atom. The smallest absolute Gasteiger partial charge is 0.127 e. The van der Waals surface area contributed by atoms with Gasteiger partial charge in [0.25, 0.3) is 0 Å². The molecule has 0 bridgehead atoms. The molecule has 98 valence electrons. The molecule has 0 radical (unpaired) electrons. The van der Waals surface area contributed by atoms with Gasteiger partial charge in [-0.05, 0) is 29.8 Å². The molecule has 2 unspecified atom stereocenters. The van der Waals surface area contributed by atoms with Gasteiger partial charge in [0.1, 0.15) is 17.7 Å². The second-order valence-electron chi connectivity index (χ2n) is 4.60. The predicted molar refractivity (Wildman–Crippen MR) is 70.8 cm³/mol. The molecule has 0 saturated heterocycles. The van der Waals surface area contributed by atoms with Gasteiger partial charge in [0, 0.05) is 17.0 Å². The zero-order valence-corrected chi connectivity index (χ0v) is 10.8. The van der Waals surface area contributed by atoms with Crippen molar-refractivity contribution in [2.24, 2.45) is 0 Å². The van der Waals surface area contributed by atoms with Crippen molar-refractivity contribution in [3.63, 3.8) is 0 Å². The largest absolute Gasteiger partial charge is 0.485 e. The third kappa shape index (κ3) is 2.44. The molecular weight excluding hydrogens is 267 g/mol. The van der Waals surface area contributed by atoms with Gasteiger partial charge in [-0.2, -0.15) is 0 Å². The van der Waals surface area contributed by atoms with Gasteiger partial charge in [-0.1, -0.05) is 29.8 Å². The van der Waals surface area contributed by atoms with Crippen LogP contribution in [0.5, 0.6) is 5.75 Å². The molecule has 1 aliphatic rings. The second kappa shape index (κ2) is 4.83. The molecule has 1 N–H and O–H groups in total. The molecule has 1 heterocycles. The number of hydrogen-bond acceptors (Lipinski definition) is 2. The zero-order chi connectivity index (χ0) is 13.4. The molecule has 0 fully saturated rings. The third-order valence-electron chi connectivity index (χ3n) is 3.24. The monoisotopic (exact) mass is 278 g/mol. The lowest BCUT2D eigenvalue weighted by molar-refractivity contribution is 0.0656. The van der Waals surface area contributed by atoms with Crippen molar-refractivity contribution >= 4 is 11.6 Å². The van der Waals surface area contributed by atoms with Gasteiger partial charge in [0.15, 0.2) is 0 Å². The fourth-order valence-corrected chi connectivity index (χ4v) is 2.59.